The normalized spacial score (nSPS) is 19.8. The molecule has 0 aromatic heterocycles. The highest BCUT2D eigenvalue weighted by Gasteiger charge is 2.30. The summed E-state index contributed by atoms with van der Waals surface area (Å²) in [5, 5.41) is 1.21. The molecule has 0 fully saturated rings. The molecular formula is C9H16OSi. The van der Waals surface area contributed by atoms with E-state index < -0.39 is 8.07 Å². The van der Waals surface area contributed by atoms with Crippen molar-refractivity contribution in [2.75, 3.05) is 0 Å². The van der Waals surface area contributed by atoms with Crippen molar-refractivity contribution >= 4 is 13.9 Å². The van der Waals surface area contributed by atoms with Gasteiger partial charge in [0.1, 0.15) is 0 Å². The van der Waals surface area contributed by atoms with Crippen molar-refractivity contribution in [2.24, 2.45) is 0 Å². The minimum atomic E-state index is -1.32. The highest BCUT2D eigenvalue weighted by molar-refractivity contribution is 6.87. The van der Waals surface area contributed by atoms with Gasteiger partial charge in [-0.3, -0.25) is 4.79 Å². The van der Waals surface area contributed by atoms with Crippen LogP contribution in [0.3, 0.4) is 0 Å². The van der Waals surface area contributed by atoms with Crippen molar-refractivity contribution in [3.63, 3.8) is 0 Å². The standard InChI is InChI=1S/C9H16OSi/c1-7-5-6-8(10)9(7)11(2,3)4/h5-6H2,1-4H3. The van der Waals surface area contributed by atoms with Gasteiger partial charge < -0.3 is 0 Å². The summed E-state index contributed by atoms with van der Waals surface area (Å²) in [7, 11) is -1.32. The lowest BCUT2D eigenvalue weighted by Crippen LogP contribution is -2.28. The van der Waals surface area contributed by atoms with E-state index in [4.69, 9.17) is 0 Å². The first-order valence-electron chi connectivity index (χ1n) is 4.16. The number of hydrogen-bond acceptors (Lipinski definition) is 1. The number of allylic oxidation sites excluding steroid dienone is 2. The van der Waals surface area contributed by atoms with Gasteiger partial charge in [-0.25, -0.2) is 0 Å². The molecule has 1 aliphatic rings. The lowest BCUT2D eigenvalue weighted by atomic mass is 10.3. The number of Topliss-reactive ketones (excluding diaryl/α,β-unsaturated/α-hetero) is 1. The van der Waals surface area contributed by atoms with E-state index in [-0.39, 0.29) is 0 Å². The number of carbonyl (C=O) groups excluding carboxylic acids is 1. The molecule has 0 aromatic carbocycles. The highest BCUT2D eigenvalue weighted by atomic mass is 28.3. The average molecular weight is 168 g/mol. The maximum Gasteiger partial charge on any atom is 0.155 e. The predicted molar refractivity (Wildman–Crippen MR) is 50.3 cm³/mol. The van der Waals surface area contributed by atoms with E-state index in [0.717, 1.165) is 12.8 Å². The van der Waals surface area contributed by atoms with Crippen molar-refractivity contribution in [3.8, 4) is 0 Å². The van der Waals surface area contributed by atoms with E-state index in [1.165, 1.54) is 10.8 Å². The predicted octanol–water partition coefficient (Wildman–Crippen LogP) is 2.54. The summed E-state index contributed by atoms with van der Waals surface area (Å²) < 4.78 is 0. The van der Waals surface area contributed by atoms with Crippen LogP contribution in [0.1, 0.15) is 19.8 Å². The van der Waals surface area contributed by atoms with Gasteiger partial charge in [0, 0.05) is 6.42 Å². The van der Waals surface area contributed by atoms with E-state index in [1.807, 2.05) is 0 Å². The Balaban J connectivity index is 3.02. The quantitative estimate of drug-likeness (QED) is 0.550. The van der Waals surface area contributed by atoms with Crippen LogP contribution in [0.4, 0.5) is 0 Å². The number of hydrogen-bond donors (Lipinski definition) is 0. The molecule has 1 aliphatic carbocycles. The van der Waals surface area contributed by atoms with Gasteiger partial charge in [0.05, 0.1) is 8.07 Å². The third-order valence-electron chi connectivity index (χ3n) is 2.18. The summed E-state index contributed by atoms with van der Waals surface area (Å²) in [6.45, 7) is 8.84. The van der Waals surface area contributed by atoms with Crippen LogP contribution in [0.15, 0.2) is 10.8 Å². The molecular weight excluding hydrogens is 152 g/mol. The van der Waals surface area contributed by atoms with Crippen molar-refractivity contribution < 1.29 is 4.79 Å². The Morgan fingerprint density at radius 3 is 1.91 bits per heavy atom. The van der Waals surface area contributed by atoms with Gasteiger partial charge >= 0.3 is 0 Å². The maximum atomic E-state index is 11.4. The molecule has 0 aliphatic heterocycles. The van der Waals surface area contributed by atoms with Crippen LogP contribution in [-0.2, 0) is 4.79 Å². The molecule has 1 rings (SSSR count). The molecule has 0 saturated carbocycles. The van der Waals surface area contributed by atoms with Gasteiger partial charge in [0.2, 0.25) is 0 Å². The van der Waals surface area contributed by atoms with Crippen LogP contribution in [-0.4, -0.2) is 13.9 Å². The first-order chi connectivity index (χ1) is 4.93. The Morgan fingerprint density at radius 1 is 1.18 bits per heavy atom. The van der Waals surface area contributed by atoms with Crippen molar-refractivity contribution in [1.29, 1.82) is 0 Å². The zero-order valence-corrected chi connectivity index (χ0v) is 8.82. The Kier molecular flexibility index (Phi) is 2.05. The van der Waals surface area contributed by atoms with E-state index in [9.17, 15) is 4.79 Å². The maximum absolute atomic E-state index is 11.4. The molecule has 0 spiro atoms. The first kappa shape index (κ1) is 8.72. The summed E-state index contributed by atoms with van der Waals surface area (Å²) in [5.41, 5.74) is 1.36. The van der Waals surface area contributed by atoms with E-state index in [0.29, 0.717) is 5.78 Å². The Morgan fingerprint density at radius 2 is 1.73 bits per heavy atom. The monoisotopic (exact) mass is 168 g/mol. The summed E-state index contributed by atoms with van der Waals surface area (Å²) in [6, 6.07) is 0. The zero-order valence-electron chi connectivity index (χ0n) is 7.82. The van der Waals surface area contributed by atoms with Crippen molar-refractivity contribution in [1.82, 2.24) is 0 Å². The molecule has 0 bridgehead atoms. The van der Waals surface area contributed by atoms with Gasteiger partial charge in [-0.15, -0.1) is 0 Å². The summed E-state index contributed by atoms with van der Waals surface area (Å²) >= 11 is 0. The van der Waals surface area contributed by atoms with Gasteiger partial charge in [-0.1, -0.05) is 25.2 Å². The molecule has 2 heteroatoms. The number of ketones is 1. The second kappa shape index (κ2) is 2.59. The van der Waals surface area contributed by atoms with E-state index in [1.54, 1.807) is 0 Å². The molecule has 0 atom stereocenters. The van der Waals surface area contributed by atoms with Crippen LogP contribution in [0.2, 0.25) is 19.6 Å². The molecule has 1 nitrogen and oxygen atoms in total. The van der Waals surface area contributed by atoms with Crippen LogP contribution >= 0.6 is 0 Å². The van der Waals surface area contributed by atoms with E-state index in [2.05, 4.69) is 26.6 Å². The fraction of sp³-hybridized carbons (Fsp3) is 0.667. The van der Waals surface area contributed by atoms with Gasteiger partial charge in [-0.05, 0) is 18.5 Å². The minimum absolute atomic E-state index is 0.418. The lowest BCUT2D eigenvalue weighted by molar-refractivity contribution is -0.114. The molecule has 0 heterocycles. The van der Waals surface area contributed by atoms with Gasteiger partial charge in [0.25, 0.3) is 0 Å². The second-order valence-electron chi connectivity index (χ2n) is 4.33. The summed E-state index contributed by atoms with van der Waals surface area (Å²) in [4.78, 5) is 11.4. The summed E-state index contributed by atoms with van der Waals surface area (Å²) in [6.07, 6.45) is 1.78. The molecule has 0 saturated heterocycles. The first-order valence-corrected chi connectivity index (χ1v) is 7.66. The Bertz CT molecular complexity index is 220. The lowest BCUT2D eigenvalue weighted by Gasteiger charge is -2.17. The molecule has 0 aromatic rings. The van der Waals surface area contributed by atoms with Crippen LogP contribution < -0.4 is 0 Å². The molecule has 62 valence electrons. The topological polar surface area (TPSA) is 17.1 Å². The third kappa shape index (κ3) is 1.61. The second-order valence-corrected chi connectivity index (χ2v) is 9.33. The number of carbonyl (C=O) groups is 1. The number of rotatable bonds is 1. The molecule has 11 heavy (non-hydrogen) atoms. The van der Waals surface area contributed by atoms with E-state index >= 15 is 0 Å². The Labute approximate surface area is 69.5 Å². The van der Waals surface area contributed by atoms with Crippen LogP contribution in [0.5, 0.6) is 0 Å². The van der Waals surface area contributed by atoms with Crippen molar-refractivity contribution in [3.05, 3.63) is 10.8 Å². The zero-order chi connectivity index (χ0) is 8.65. The molecule has 0 amide bonds. The average Bonchev–Trinajstić information content (AvgIpc) is 2.08. The fourth-order valence-electron chi connectivity index (χ4n) is 1.85. The van der Waals surface area contributed by atoms with Crippen LogP contribution in [0.25, 0.3) is 0 Å². The smallest absolute Gasteiger partial charge is 0.155 e. The summed E-state index contributed by atoms with van der Waals surface area (Å²) in [5.74, 6) is 0.418. The largest absolute Gasteiger partial charge is 0.295 e. The molecule has 0 unspecified atom stereocenters. The SMILES string of the molecule is CC1=C([Si](C)(C)C)C(=O)CC1. The Hall–Kier alpha value is -0.373. The molecule has 0 N–H and O–H groups in total. The fourth-order valence-corrected chi connectivity index (χ4v) is 4.21. The van der Waals surface area contributed by atoms with Gasteiger partial charge in [-0.2, -0.15) is 0 Å². The van der Waals surface area contributed by atoms with Gasteiger partial charge in [0.15, 0.2) is 5.78 Å². The minimum Gasteiger partial charge on any atom is -0.295 e. The highest BCUT2D eigenvalue weighted by Crippen LogP contribution is 2.29. The third-order valence-corrected chi connectivity index (χ3v) is 4.39. The van der Waals surface area contributed by atoms with Crippen molar-refractivity contribution in [2.45, 2.75) is 39.4 Å². The van der Waals surface area contributed by atoms with Crippen LogP contribution in [0, 0.1) is 0 Å². The molecule has 0 radical (unpaired) electrons.